The summed E-state index contributed by atoms with van der Waals surface area (Å²) in [6.45, 7) is 6.41. The van der Waals surface area contributed by atoms with Gasteiger partial charge >= 0.3 is 0 Å². The topological polar surface area (TPSA) is 88.6 Å². The first kappa shape index (κ1) is 24.5. The number of rotatable bonds is 10. The second kappa shape index (κ2) is 11.2. The fourth-order valence-corrected chi connectivity index (χ4v) is 6.69. The Morgan fingerprint density at radius 3 is 2.56 bits per heavy atom. The molecule has 0 aliphatic heterocycles. The van der Waals surface area contributed by atoms with Crippen LogP contribution in [-0.4, -0.2) is 48.6 Å². The molecule has 0 saturated heterocycles. The molecule has 1 fully saturated rings. The molecule has 0 unspecified atom stereocenters. The third-order valence-electron chi connectivity index (χ3n) is 5.42. The van der Waals surface area contributed by atoms with Gasteiger partial charge in [-0.2, -0.15) is 4.31 Å². The molecule has 1 heterocycles. The van der Waals surface area contributed by atoms with E-state index in [9.17, 15) is 13.2 Å². The average Bonchev–Trinajstić information content (AvgIpc) is 3.29. The van der Waals surface area contributed by atoms with Crippen molar-refractivity contribution in [2.45, 2.75) is 61.6 Å². The summed E-state index contributed by atoms with van der Waals surface area (Å²) in [6, 6.07) is 8.21. The zero-order valence-electron chi connectivity index (χ0n) is 18.8. The number of hydrogen-bond donors (Lipinski definition) is 1. The van der Waals surface area contributed by atoms with Crippen molar-refractivity contribution in [1.29, 1.82) is 0 Å². The number of anilines is 1. The maximum absolute atomic E-state index is 13.2. The Bertz CT molecular complexity index is 1030. The minimum absolute atomic E-state index is 0.0487. The van der Waals surface area contributed by atoms with E-state index in [1.54, 1.807) is 63.0 Å². The SMILES string of the molecule is CCOc1ccc(NC(=O)c2cccnc2SC2CCCC2)cc1S(=O)(=O)N(CC)CC. The number of thioether (sulfide) groups is 1. The lowest BCUT2D eigenvalue weighted by Crippen LogP contribution is -2.31. The number of carbonyl (C=O) groups is 1. The van der Waals surface area contributed by atoms with Crippen LogP contribution in [0.1, 0.15) is 56.8 Å². The predicted octanol–water partition coefficient (Wildman–Crippen LogP) is 4.80. The lowest BCUT2D eigenvalue weighted by molar-refractivity contribution is 0.102. The van der Waals surface area contributed by atoms with Crippen molar-refractivity contribution in [3.63, 3.8) is 0 Å². The highest BCUT2D eigenvalue weighted by Crippen LogP contribution is 2.35. The summed E-state index contributed by atoms with van der Waals surface area (Å²) in [5, 5.41) is 4.04. The first-order valence-corrected chi connectivity index (χ1v) is 13.4. The third kappa shape index (κ3) is 5.63. The van der Waals surface area contributed by atoms with Gasteiger partial charge in [0.15, 0.2) is 0 Å². The number of sulfonamides is 1. The van der Waals surface area contributed by atoms with E-state index in [-0.39, 0.29) is 16.6 Å². The van der Waals surface area contributed by atoms with Crippen LogP contribution in [0, 0.1) is 0 Å². The van der Waals surface area contributed by atoms with Gasteiger partial charge in [0.1, 0.15) is 15.7 Å². The maximum atomic E-state index is 13.2. The number of nitrogens with one attached hydrogen (secondary N) is 1. The monoisotopic (exact) mass is 477 g/mol. The number of ether oxygens (including phenoxy) is 1. The summed E-state index contributed by atoms with van der Waals surface area (Å²) in [6.07, 6.45) is 6.38. The fourth-order valence-electron chi connectivity index (χ4n) is 3.78. The molecule has 32 heavy (non-hydrogen) atoms. The maximum Gasteiger partial charge on any atom is 0.258 e. The van der Waals surface area contributed by atoms with Crippen LogP contribution in [0.25, 0.3) is 0 Å². The van der Waals surface area contributed by atoms with E-state index in [2.05, 4.69) is 10.3 Å². The van der Waals surface area contributed by atoms with Gasteiger partial charge in [0, 0.05) is 30.2 Å². The summed E-state index contributed by atoms with van der Waals surface area (Å²) in [4.78, 5) is 17.5. The summed E-state index contributed by atoms with van der Waals surface area (Å²) in [5.74, 6) is -0.0369. The number of hydrogen-bond acceptors (Lipinski definition) is 6. The molecule has 174 valence electrons. The number of pyridine rings is 1. The molecule has 0 spiro atoms. The lowest BCUT2D eigenvalue weighted by Gasteiger charge is -2.21. The van der Waals surface area contributed by atoms with Gasteiger partial charge in [0.05, 0.1) is 12.2 Å². The van der Waals surface area contributed by atoms with Gasteiger partial charge in [-0.15, -0.1) is 11.8 Å². The number of aromatic nitrogens is 1. The normalized spacial score (nSPS) is 14.6. The van der Waals surface area contributed by atoms with Gasteiger partial charge in [-0.25, -0.2) is 13.4 Å². The van der Waals surface area contributed by atoms with E-state index in [0.29, 0.717) is 41.2 Å². The van der Waals surface area contributed by atoms with Crippen LogP contribution in [-0.2, 0) is 10.0 Å². The molecule has 1 aliphatic rings. The van der Waals surface area contributed by atoms with Crippen molar-refractivity contribution >= 4 is 33.4 Å². The van der Waals surface area contributed by atoms with Gasteiger partial charge in [-0.05, 0) is 50.1 Å². The van der Waals surface area contributed by atoms with E-state index in [4.69, 9.17) is 4.74 Å². The van der Waals surface area contributed by atoms with E-state index in [1.165, 1.54) is 23.2 Å². The number of benzene rings is 1. The Balaban J connectivity index is 1.89. The molecule has 1 amide bonds. The molecule has 1 saturated carbocycles. The van der Waals surface area contributed by atoms with E-state index in [0.717, 1.165) is 12.8 Å². The average molecular weight is 478 g/mol. The summed E-state index contributed by atoms with van der Waals surface area (Å²) in [7, 11) is -3.76. The van der Waals surface area contributed by atoms with Crippen LogP contribution < -0.4 is 10.1 Å². The summed E-state index contributed by atoms with van der Waals surface area (Å²) in [5.41, 5.74) is 0.885. The van der Waals surface area contributed by atoms with Gasteiger partial charge in [0.25, 0.3) is 5.91 Å². The Labute approximate surface area is 195 Å². The molecule has 0 atom stereocenters. The fraction of sp³-hybridized carbons (Fsp3) is 0.478. The van der Waals surface area contributed by atoms with Crippen LogP contribution in [0.4, 0.5) is 5.69 Å². The molecule has 7 nitrogen and oxygen atoms in total. The molecule has 2 aromatic rings. The molecule has 1 aromatic heterocycles. The van der Waals surface area contributed by atoms with Crippen LogP contribution in [0.15, 0.2) is 46.5 Å². The molecule has 3 rings (SSSR count). The van der Waals surface area contributed by atoms with Gasteiger partial charge in [-0.3, -0.25) is 4.79 Å². The second-order valence-corrected chi connectivity index (χ2v) is 10.7. The van der Waals surface area contributed by atoms with Crippen molar-refractivity contribution < 1.29 is 17.9 Å². The van der Waals surface area contributed by atoms with Crippen LogP contribution in [0.3, 0.4) is 0 Å². The first-order valence-electron chi connectivity index (χ1n) is 11.1. The van der Waals surface area contributed by atoms with Crippen molar-refractivity contribution in [3.05, 3.63) is 42.1 Å². The molecular formula is C23H31N3O4S2. The number of amides is 1. The highest BCUT2D eigenvalue weighted by molar-refractivity contribution is 8.00. The largest absolute Gasteiger partial charge is 0.492 e. The zero-order chi connectivity index (χ0) is 23.1. The Kier molecular flexibility index (Phi) is 8.56. The molecule has 0 radical (unpaired) electrons. The molecule has 9 heteroatoms. The highest BCUT2D eigenvalue weighted by Gasteiger charge is 2.27. The Morgan fingerprint density at radius 1 is 1.19 bits per heavy atom. The summed E-state index contributed by atoms with van der Waals surface area (Å²) >= 11 is 1.65. The van der Waals surface area contributed by atoms with Crippen LogP contribution in [0.5, 0.6) is 5.75 Å². The van der Waals surface area contributed by atoms with E-state index >= 15 is 0 Å². The Hall–Kier alpha value is -2.10. The number of nitrogens with zero attached hydrogens (tertiary/aromatic N) is 2. The number of carbonyl (C=O) groups excluding carboxylic acids is 1. The van der Waals surface area contributed by atoms with Crippen molar-refractivity contribution in [1.82, 2.24) is 9.29 Å². The van der Waals surface area contributed by atoms with E-state index in [1.807, 2.05) is 0 Å². The van der Waals surface area contributed by atoms with Crippen LogP contribution in [0.2, 0.25) is 0 Å². The van der Waals surface area contributed by atoms with Crippen molar-refractivity contribution in [2.75, 3.05) is 25.0 Å². The zero-order valence-corrected chi connectivity index (χ0v) is 20.5. The predicted molar refractivity (Wildman–Crippen MR) is 128 cm³/mol. The summed E-state index contributed by atoms with van der Waals surface area (Å²) < 4.78 is 33.3. The molecule has 1 N–H and O–H groups in total. The highest BCUT2D eigenvalue weighted by atomic mass is 32.2. The van der Waals surface area contributed by atoms with E-state index < -0.39 is 10.0 Å². The molecule has 1 aromatic carbocycles. The van der Waals surface area contributed by atoms with Crippen molar-refractivity contribution in [3.8, 4) is 5.75 Å². The Morgan fingerprint density at radius 2 is 1.91 bits per heavy atom. The quantitative estimate of drug-likeness (QED) is 0.529. The molecule has 0 bridgehead atoms. The van der Waals surface area contributed by atoms with Crippen LogP contribution >= 0.6 is 11.8 Å². The van der Waals surface area contributed by atoms with Gasteiger partial charge < -0.3 is 10.1 Å². The molecule has 1 aliphatic carbocycles. The second-order valence-electron chi connectivity index (χ2n) is 7.52. The standard InChI is InChI=1S/C23H31N3O4S2/c1-4-26(5-2)32(28,29)21-16-17(13-14-20(21)30-6-3)25-22(27)19-12-9-15-24-23(19)31-18-10-7-8-11-18/h9,12-16,18H,4-8,10-11H2,1-3H3,(H,25,27). The first-order chi connectivity index (χ1) is 15.4. The minimum atomic E-state index is -3.76. The smallest absolute Gasteiger partial charge is 0.258 e. The third-order valence-corrected chi connectivity index (χ3v) is 8.85. The molecular weight excluding hydrogens is 446 g/mol. The minimum Gasteiger partial charge on any atom is -0.492 e. The van der Waals surface area contributed by atoms with Gasteiger partial charge in [0.2, 0.25) is 10.0 Å². The van der Waals surface area contributed by atoms with Crippen molar-refractivity contribution in [2.24, 2.45) is 0 Å². The lowest BCUT2D eigenvalue weighted by atomic mass is 10.2. The van der Waals surface area contributed by atoms with Gasteiger partial charge in [-0.1, -0.05) is 26.7 Å².